The van der Waals surface area contributed by atoms with E-state index in [0.29, 0.717) is 5.41 Å². The molecule has 1 aromatic carbocycles. The first-order valence-electron chi connectivity index (χ1n) is 8.11. The maximum absolute atomic E-state index is 9.68. The molecule has 1 aromatic rings. The zero-order valence-corrected chi connectivity index (χ0v) is 12.4. The second kappa shape index (κ2) is 4.40. The van der Waals surface area contributed by atoms with Gasteiger partial charge in [0.25, 0.3) is 0 Å². The monoisotopic (exact) mass is 281 g/mol. The Morgan fingerprint density at radius 2 is 1.81 bits per heavy atom. The molecule has 0 saturated heterocycles. The fraction of sp³-hybridized carbons (Fsp3) is 0.611. The van der Waals surface area contributed by atoms with Gasteiger partial charge in [0.1, 0.15) is 0 Å². The lowest BCUT2D eigenvalue weighted by atomic mass is 9.44. The van der Waals surface area contributed by atoms with Gasteiger partial charge in [-0.25, -0.2) is 0 Å². The lowest BCUT2D eigenvalue weighted by Crippen LogP contribution is -2.53. The number of nitrogens with two attached hydrogens (primary N) is 1. The Hall–Kier alpha value is -1.69. The Labute approximate surface area is 126 Å². The van der Waals surface area contributed by atoms with Gasteiger partial charge >= 0.3 is 0 Å². The minimum Gasteiger partial charge on any atom is -0.399 e. The second-order valence-electron chi connectivity index (χ2n) is 7.83. The fourth-order valence-corrected chi connectivity index (χ4v) is 5.68. The van der Waals surface area contributed by atoms with E-state index in [0.717, 1.165) is 49.0 Å². The van der Waals surface area contributed by atoms with Gasteiger partial charge in [0, 0.05) is 17.9 Å². The van der Waals surface area contributed by atoms with Gasteiger partial charge in [0.15, 0.2) is 0 Å². The van der Waals surface area contributed by atoms with Gasteiger partial charge in [-0.05, 0) is 80.0 Å². The molecular formula is C18H23N3. The minimum atomic E-state index is -0.00706. The van der Waals surface area contributed by atoms with Crippen LogP contribution in [0.5, 0.6) is 0 Å². The Kier molecular flexibility index (Phi) is 2.73. The van der Waals surface area contributed by atoms with Crippen LogP contribution in [0, 0.1) is 34.0 Å². The summed E-state index contributed by atoms with van der Waals surface area (Å²) >= 11 is 0. The summed E-state index contributed by atoms with van der Waals surface area (Å²) < 4.78 is 0. The summed E-state index contributed by atoms with van der Waals surface area (Å²) in [6, 6.07) is 10.7. The number of nitrogens with one attached hydrogen (secondary N) is 1. The molecule has 0 heterocycles. The third kappa shape index (κ3) is 2.18. The van der Waals surface area contributed by atoms with Crippen molar-refractivity contribution in [3.63, 3.8) is 0 Å². The standard InChI is InChI=1S/C18H23N3/c19-11-17-6-13-5-14(7-17)9-18(8-13,10-17)12-21-16-3-1-15(20)2-4-16/h1-4,13-14,21H,5-10,12,20H2. The van der Waals surface area contributed by atoms with Crippen LogP contribution < -0.4 is 11.1 Å². The number of rotatable bonds is 3. The number of hydrogen-bond acceptors (Lipinski definition) is 3. The van der Waals surface area contributed by atoms with Gasteiger partial charge in [0.05, 0.1) is 11.5 Å². The molecule has 3 nitrogen and oxygen atoms in total. The van der Waals surface area contributed by atoms with Crippen molar-refractivity contribution in [1.82, 2.24) is 0 Å². The molecule has 2 atom stereocenters. The van der Waals surface area contributed by atoms with Crippen molar-refractivity contribution < 1.29 is 0 Å². The number of nitrogens with zero attached hydrogens (tertiary/aromatic N) is 1. The van der Waals surface area contributed by atoms with Gasteiger partial charge in [-0.1, -0.05) is 0 Å². The largest absolute Gasteiger partial charge is 0.399 e. The molecule has 4 saturated carbocycles. The van der Waals surface area contributed by atoms with Crippen LogP contribution in [0.3, 0.4) is 0 Å². The molecule has 4 fully saturated rings. The van der Waals surface area contributed by atoms with Crippen LogP contribution in [0.2, 0.25) is 0 Å². The zero-order valence-electron chi connectivity index (χ0n) is 12.4. The summed E-state index contributed by atoms with van der Waals surface area (Å²) in [7, 11) is 0. The van der Waals surface area contributed by atoms with Crippen LogP contribution in [0.25, 0.3) is 0 Å². The predicted molar refractivity (Wildman–Crippen MR) is 84.5 cm³/mol. The van der Waals surface area contributed by atoms with Crippen LogP contribution in [0.1, 0.15) is 38.5 Å². The van der Waals surface area contributed by atoms with Gasteiger partial charge in [-0.2, -0.15) is 5.26 Å². The molecule has 3 N–H and O–H groups in total. The summed E-state index contributed by atoms with van der Waals surface area (Å²) in [6.45, 7) is 1.01. The van der Waals surface area contributed by atoms with Gasteiger partial charge in [-0.3, -0.25) is 0 Å². The van der Waals surface area contributed by atoms with E-state index in [2.05, 4.69) is 23.5 Å². The maximum atomic E-state index is 9.68. The van der Waals surface area contributed by atoms with Crippen molar-refractivity contribution in [2.45, 2.75) is 38.5 Å². The van der Waals surface area contributed by atoms with Crippen LogP contribution in [0.4, 0.5) is 11.4 Å². The molecule has 4 bridgehead atoms. The zero-order chi connectivity index (χ0) is 14.5. The van der Waals surface area contributed by atoms with Crippen LogP contribution in [-0.2, 0) is 0 Å². The number of hydrogen-bond donors (Lipinski definition) is 2. The first kappa shape index (κ1) is 13.0. The highest BCUT2D eigenvalue weighted by atomic mass is 14.9. The highest BCUT2D eigenvalue weighted by Crippen LogP contribution is 2.64. The second-order valence-corrected chi connectivity index (χ2v) is 7.83. The topological polar surface area (TPSA) is 61.8 Å². The molecular weight excluding hydrogens is 258 g/mol. The van der Waals surface area contributed by atoms with Crippen molar-refractivity contribution >= 4 is 11.4 Å². The predicted octanol–water partition coefficient (Wildman–Crippen LogP) is 3.79. The van der Waals surface area contributed by atoms with Crippen molar-refractivity contribution in [3.05, 3.63) is 24.3 Å². The Balaban J connectivity index is 1.52. The van der Waals surface area contributed by atoms with Gasteiger partial charge in [-0.15, -0.1) is 0 Å². The van der Waals surface area contributed by atoms with E-state index in [1.165, 1.54) is 19.3 Å². The lowest BCUT2D eigenvalue weighted by molar-refractivity contribution is -0.0766. The molecule has 4 aliphatic rings. The SMILES string of the molecule is N#CC12CC3CC(C1)CC(CNc1ccc(N)cc1)(C3)C2. The van der Waals surface area contributed by atoms with Gasteiger partial charge < -0.3 is 11.1 Å². The van der Waals surface area contributed by atoms with E-state index in [-0.39, 0.29) is 5.41 Å². The lowest BCUT2D eigenvalue weighted by Gasteiger charge is -2.60. The molecule has 2 unspecified atom stereocenters. The summed E-state index contributed by atoms with van der Waals surface area (Å²) in [5.74, 6) is 1.58. The average Bonchev–Trinajstić information content (AvgIpc) is 2.45. The van der Waals surface area contributed by atoms with E-state index >= 15 is 0 Å². The van der Waals surface area contributed by atoms with Crippen molar-refractivity contribution in [3.8, 4) is 6.07 Å². The minimum absolute atomic E-state index is 0.00706. The van der Waals surface area contributed by atoms with Crippen LogP contribution in [0.15, 0.2) is 24.3 Å². The van der Waals surface area contributed by atoms with Crippen molar-refractivity contribution in [2.75, 3.05) is 17.6 Å². The summed E-state index contributed by atoms with van der Waals surface area (Å²) in [4.78, 5) is 0. The normalized spacial score (nSPS) is 40.0. The third-order valence-electron chi connectivity index (χ3n) is 6.00. The number of nitrogen functional groups attached to an aromatic ring is 1. The Bertz CT molecular complexity index is 569. The summed E-state index contributed by atoms with van der Waals surface area (Å²) in [5, 5.41) is 13.3. The summed E-state index contributed by atoms with van der Waals surface area (Å²) in [6.07, 6.45) is 7.41. The quantitative estimate of drug-likeness (QED) is 0.829. The highest BCUT2D eigenvalue weighted by molar-refractivity contribution is 5.51. The summed E-state index contributed by atoms with van der Waals surface area (Å²) in [5.41, 5.74) is 8.03. The molecule has 21 heavy (non-hydrogen) atoms. The number of nitriles is 1. The molecule has 0 aliphatic heterocycles. The fourth-order valence-electron chi connectivity index (χ4n) is 5.68. The van der Waals surface area contributed by atoms with E-state index in [9.17, 15) is 5.26 Å². The molecule has 0 amide bonds. The smallest absolute Gasteiger partial charge is 0.0690 e. The molecule has 0 radical (unpaired) electrons. The van der Waals surface area contributed by atoms with E-state index in [1.54, 1.807) is 0 Å². The van der Waals surface area contributed by atoms with Gasteiger partial charge in [0.2, 0.25) is 0 Å². The maximum Gasteiger partial charge on any atom is 0.0690 e. The van der Waals surface area contributed by atoms with E-state index in [1.807, 2.05) is 12.1 Å². The average molecular weight is 281 g/mol. The van der Waals surface area contributed by atoms with Crippen LogP contribution >= 0.6 is 0 Å². The molecule has 5 rings (SSSR count). The molecule has 4 aliphatic carbocycles. The highest BCUT2D eigenvalue weighted by Gasteiger charge is 2.57. The number of benzene rings is 1. The molecule has 0 spiro atoms. The van der Waals surface area contributed by atoms with E-state index < -0.39 is 0 Å². The van der Waals surface area contributed by atoms with Crippen molar-refractivity contribution in [2.24, 2.45) is 22.7 Å². The third-order valence-corrected chi connectivity index (χ3v) is 6.00. The molecule has 3 heteroatoms. The molecule has 0 aromatic heterocycles. The van der Waals surface area contributed by atoms with E-state index in [4.69, 9.17) is 5.73 Å². The Morgan fingerprint density at radius 1 is 1.14 bits per heavy atom. The number of anilines is 2. The Morgan fingerprint density at radius 3 is 2.43 bits per heavy atom. The van der Waals surface area contributed by atoms with Crippen molar-refractivity contribution in [1.29, 1.82) is 5.26 Å². The first-order chi connectivity index (χ1) is 10.1. The first-order valence-corrected chi connectivity index (χ1v) is 8.11. The van der Waals surface area contributed by atoms with Crippen LogP contribution in [-0.4, -0.2) is 6.54 Å². The molecule has 110 valence electrons.